The van der Waals surface area contributed by atoms with Gasteiger partial charge in [0.25, 0.3) is 0 Å². The number of hydrogen-bond acceptors (Lipinski definition) is 5. The molecule has 4 fully saturated rings. The van der Waals surface area contributed by atoms with Gasteiger partial charge in [0.15, 0.2) is 6.61 Å². The maximum Gasteiger partial charge on any atom is 0.344 e. The van der Waals surface area contributed by atoms with E-state index in [0.717, 1.165) is 25.7 Å². The van der Waals surface area contributed by atoms with Crippen LogP contribution in [0.25, 0.3) is 0 Å². The minimum Gasteiger partial charge on any atom is -0.459 e. The highest BCUT2D eigenvalue weighted by atomic mass is 79.9. The average molecular weight is 345 g/mol. The summed E-state index contributed by atoms with van der Waals surface area (Å²) in [6.07, 6.45) is 3.48. The number of rotatable bonds is 4. The van der Waals surface area contributed by atoms with Crippen LogP contribution in [0.2, 0.25) is 0 Å². The summed E-state index contributed by atoms with van der Waals surface area (Å²) in [7, 11) is 0. The van der Waals surface area contributed by atoms with Crippen LogP contribution in [0.1, 0.15) is 25.7 Å². The van der Waals surface area contributed by atoms with Gasteiger partial charge in [0.2, 0.25) is 0 Å². The lowest BCUT2D eigenvalue weighted by Gasteiger charge is -2.52. The van der Waals surface area contributed by atoms with Crippen LogP contribution in [0, 0.1) is 23.7 Å². The van der Waals surface area contributed by atoms with Crippen molar-refractivity contribution < 1.29 is 23.9 Å². The molecular weight excluding hydrogens is 328 g/mol. The molecule has 0 radical (unpaired) electrons. The van der Waals surface area contributed by atoms with Crippen molar-refractivity contribution in [1.82, 2.24) is 0 Å². The van der Waals surface area contributed by atoms with Crippen LogP contribution in [0.5, 0.6) is 0 Å². The van der Waals surface area contributed by atoms with Crippen LogP contribution in [-0.4, -0.2) is 35.8 Å². The molecule has 5 nitrogen and oxygen atoms in total. The molecule has 5 atom stereocenters. The predicted octanol–water partition coefficient (Wildman–Crippen LogP) is 1.47. The molecule has 0 aliphatic heterocycles. The normalized spacial score (nSPS) is 37.9. The number of carbonyl (C=O) groups excluding carboxylic acids is 3. The molecule has 4 aliphatic rings. The zero-order chi connectivity index (χ0) is 14.3. The first kappa shape index (κ1) is 14.0. The van der Waals surface area contributed by atoms with Gasteiger partial charge in [0.1, 0.15) is 17.2 Å². The molecule has 4 bridgehead atoms. The smallest absolute Gasteiger partial charge is 0.344 e. The van der Waals surface area contributed by atoms with Gasteiger partial charge in [-0.3, -0.25) is 9.59 Å². The van der Waals surface area contributed by atoms with Crippen LogP contribution in [0.15, 0.2) is 0 Å². The Kier molecular flexibility index (Phi) is 3.84. The zero-order valence-corrected chi connectivity index (χ0v) is 12.6. The van der Waals surface area contributed by atoms with Crippen molar-refractivity contribution in [2.45, 2.75) is 31.8 Å². The highest BCUT2D eigenvalue weighted by molar-refractivity contribution is 9.09. The Morgan fingerprint density at radius 3 is 2.70 bits per heavy atom. The van der Waals surface area contributed by atoms with Gasteiger partial charge >= 0.3 is 11.9 Å². The predicted molar refractivity (Wildman–Crippen MR) is 72.1 cm³/mol. The van der Waals surface area contributed by atoms with Crippen molar-refractivity contribution in [3.05, 3.63) is 0 Å². The first-order valence-electron chi connectivity index (χ1n) is 7.03. The quantitative estimate of drug-likeness (QED) is 0.570. The number of carbonyl (C=O) groups is 3. The van der Waals surface area contributed by atoms with Gasteiger partial charge in [-0.25, -0.2) is 4.79 Å². The lowest BCUT2D eigenvalue weighted by atomic mass is 9.54. The van der Waals surface area contributed by atoms with E-state index in [1.807, 2.05) is 0 Å². The Morgan fingerprint density at radius 2 is 1.95 bits per heavy atom. The molecule has 0 aromatic rings. The standard InChI is InChI=1S/C14H17BrO5/c15-5-11(16)19-6-12(17)20-14-9-2-7-1-8(4-9)13(18)10(14)3-7/h7-10,14H,1-6H2. The van der Waals surface area contributed by atoms with E-state index < -0.39 is 11.9 Å². The zero-order valence-electron chi connectivity index (χ0n) is 11.0. The van der Waals surface area contributed by atoms with Crippen LogP contribution in [0.4, 0.5) is 0 Å². The lowest BCUT2D eigenvalue weighted by molar-refractivity contribution is -0.180. The molecule has 0 amide bonds. The molecule has 0 spiro atoms. The summed E-state index contributed by atoms with van der Waals surface area (Å²) in [4.78, 5) is 34.9. The summed E-state index contributed by atoms with van der Waals surface area (Å²) in [6.45, 7) is -0.374. The second kappa shape index (κ2) is 5.47. The largest absolute Gasteiger partial charge is 0.459 e. The van der Waals surface area contributed by atoms with E-state index in [0.29, 0.717) is 11.8 Å². The number of alkyl halides is 1. The number of halogens is 1. The third-order valence-corrected chi connectivity index (χ3v) is 5.24. The Bertz CT molecular complexity index is 449. The molecule has 4 aliphatic carbocycles. The molecule has 0 saturated heterocycles. The van der Waals surface area contributed by atoms with E-state index in [-0.39, 0.29) is 35.7 Å². The van der Waals surface area contributed by atoms with Crippen molar-refractivity contribution in [3.8, 4) is 0 Å². The highest BCUT2D eigenvalue weighted by Crippen LogP contribution is 2.52. The monoisotopic (exact) mass is 344 g/mol. The molecular formula is C14H17BrO5. The Morgan fingerprint density at radius 1 is 1.15 bits per heavy atom. The number of ether oxygens (including phenoxy) is 2. The minimum absolute atomic E-state index is 0.0524. The number of esters is 2. The van der Waals surface area contributed by atoms with Crippen LogP contribution in [-0.2, 0) is 23.9 Å². The van der Waals surface area contributed by atoms with Crippen molar-refractivity contribution >= 4 is 33.7 Å². The minimum atomic E-state index is -0.551. The molecule has 4 rings (SSSR count). The van der Waals surface area contributed by atoms with Gasteiger partial charge in [-0.05, 0) is 37.5 Å². The van der Waals surface area contributed by atoms with Crippen molar-refractivity contribution in [1.29, 1.82) is 0 Å². The molecule has 5 unspecified atom stereocenters. The third kappa shape index (κ3) is 2.50. The fourth-order valence-corrected chi connectivity index (χ4v) is 4.28. The van der Waals surface area contributed by atoms with Crippen molar-refractivity contribution in [2.24, 2.45) is 23.7 Å². The van der Waals surface area contributed by atoms with Crippen molar-refractivity contribution in [3.63, 3.8) is 0 Å². The molecule has 0 N–H and O–H groups in total. The lowest BCUT2D eigenvalue weighted by Crippen LogP contribution is -2.55. The van der Waals surface area contributed by atoms with E-state index >= 15 is 0 Å². The molecule has 4 saturated carbocycles. The van der Waals surface area contributed by atoms with Crippen molar-refractivity contribution in [2.75, 3.05) is 11.9 Å². The summed E-state index contributed by atoms with van der Waals surface area (Å²) in [5.74, 6) is 0.231. The summed E-state index contributed by atoms with van der Waals surface area (Å²) in [5.41, 5.74) is 0. The third-order valence-electron chi connectivity index (χ3n) is 4.79. The molecule has 0 aromatic carbocycles. The Labute approximate surface area is 125 Å². The van der Waals surface area contributed by atoms with E-state index in [1.165, 1.54) is 0 Å². The SMILES string of the molecule is O=C(CBr)OCC(=O)OC1C2CC3CC(C2)C(=O)C1C3. The highest BCUT2D eigenvalue weighted by Gasteiger charge is 2.54. The average Bonchev–Trinajstić information content (AvgIpc) is 2.44. The van der Waals surface area contributed by atoms with Gasteiger partial charge in [0.05, 0.1) is 5.92 Å². The first-order chi connectivity index (χ1) is 9.58. The van der Waals surface area contributed by atoms with Gasteiger partial charge in [-0.2, -0.15) is 0 Å². The number of ketones is 1. The van der Waals surface area contributed by atoms with Gasteiger partial charge in [0, 0.05) is 5.92 Å². The maximum absolute atomic E-state index is 12.2. The van der Waals surface area contributed by atoms with E-state index in [9.17, 15) is 14.4 Å². The molecule has 0 aromatic heterocycles. The van der Waals surface area contributed by atoms with Crippen LogP contribution in [0.3, 0.4) is 0 Å². The van der Waals surface area contributed by atoms with E-state index in [2.05, 4.69) is 15.9 Å². The molecule has 20 heavy (non-hydrogen) atoms. The fraction of sp³-hybridized carbons (Fsp3) is 0.786. The number of hydrogen-bond donors (Lipinski definition) is 0. The topological polar surface area (TPSA) is 69.7 Å². The molecule has 110 valence electrons. The maximum atomic E-state index is 12.2. The Balaban J connectivity index is 1.59. The van der Waals surface area contributed by atoms with E-state index in [4.69, 9.17) is 9.47 Å². The molecule has 0 heterocycles. The van der Waals surface area contributed by atoms with E-state index in [1.54, 1.807) is 0 Å². The van der Waals surface area contributed by atoms with Crippen LogP contribution < -0.4 is 0 Å². The second-order valence-corrected chi connectivity index (χ2v) is 6.58. The van der Waals surface area contributed by atoms with Gasteiger partial charge in [-0.15, -0.1) is 0 Å². The van der Waals surface area contributed by atoms with Gasteiger partial charge < -0.3 is 9.47 Å². The Hall–Kier alpha value is -0.910. The summed E-state index contributed by atoms with van der Waals surface area (Å²) in [6, 6.07) is 0. The van der Waals surface area contributed by atoms with Gasteiger partial charge in [-0.1, -0.05) is 15.9 Å². The summed E-state index contributed by atoms with van der Waals surface area (Å²) >= 11 is 2.95. The van der Waals surface area contributed by atoms with Crippen LogP contribution >= 0.6 is 15.9 Å². The number of Topliss-reactive ketones (excluding diaryl/α,β-unsaturated/α-hetero) is 1. The first-order valence-corrected chi connectivity index (χ1v) is 8.15. The molecule has 6 heteroatoms. The summed E-state index contributed by atoms with van der Waals surface area (Å²) in [5, 5.41) is 0.0524. The fourth-order valence-electron chi connectivity index (χ4n) is 4.12. The second-order valence-electron chi connectivity index (χ2n) is 6.02. The summed E-state index contributed by atoms with van der Waals surface area (Å²) < 4.78 is 10.2.